The number of rotatable bonds is 5. The molecule has 3 heteroatoms. The summed E-state index contributed by atoms with van der Waals surface area (Å²) in [5, 5.41) is 4.25. The van der Waals surface area contributed by atoms with Crippen molar-refractivity contribution in [2.75, 3.05) is 0 Å². The van der Waals surface area contributed by atoms with E-state index < -0.39 is 0 Å². The predicted molar refractivity (Wildman–Crippen MR) is 63.0 cm³/mol. The summed E-state index contributed by atoms with van der Waals surface area (Å²) in [5.41, 5.74) is 7.38. The zero-order chi connectivity index (χ0) is 10.5. The normalized spacial score (nSPS) is 12.9. The molecule has 0 aliphatic heterocycles. The summed E-state index contributed by atoms with van der Waals surface area (Å²) in [6.45, 7) is 0. The first-order valence-electron chi connectivity index (χ1n) is 5.13. The summed E-state index contributed by atoms with van der Waals surface area (Å²) in [5.74, 6) is 1.02. The maximum atomic E-state index is 6.04. The summed E-state index contributed by atoms with van der Waals surface area (Å²) in [4.78, 5) is 0. The van der Waals surface area contributed by atoms with E-state index in [1.807, 2.05) is 12.1 Å². The van der Waals surface area contributed by atoms with Crippen LogP contribution < -0.4 is 5.73 Å². The molecule has 0 spiro atoms. The fraction of sp³-hybridized carbons (Fsp3) is 0.333. The Kier molecular flexibility index (Phi) is 3.59. The molecule has 1 unspecified atom stereocenters. The van der Waals surface area contributed by atoms with Gasteiger partial charge in [0, 0.05) is 12.5 Å². The van der Waals surface area contributed by atoms with Crippen molar-refractivity contribution in [2.24, 2.45) is 5.73 Å². The molecule has 0 amide bonds. The van der Waals surface area contributed by atoms with E-state index in [1.54, 1.807) is 17.6 Å². The molecule has 2 rings (SSSR count). The van der Waals surface area contributed by atoms with Gasteiger partial charge in [-0.25, -0.2) is 0 Å². The van der Waals surface area contributed by atoms with Gasteiger partial charge in [-0.1, -0.05) is 0 Å². The number of nitrogens with two attached hydrogens (primary N) is 1. The molecule has 0 fully saturated rings. The molecule has 0 aliphatic carbocycles. The van der Waals surface area contributed by atoms with Crippen LogP contribution in [0.4, 0.5) is 0 Å². The SMILES string of the molecule is NC(CCc1ccco1)Cc1ccsc1. The van der Waals surface area contributed by atoms with Crippen LogP contribution in [0, 0.1) is 0 Å². The second-order valence-electron chi connectivity index (χ2n) is 3.71. The number of aryl methyl sites for hydroxylation is 1. The van der Waals surface area contributed by atoms with Crippen LogP contribution in [0.5, 0.6) is 0 Å². The van der Waals surface area contributed by atoms with Gasteiger partial charge in [0.25, 0.3) is 0 Å². The molecule has 0 aromatic carbocycles. The third kappa shape index (κ3) is 3.22. The third-order valence-electron chi connectivity index (χ3n) is 2.42. The lowest BCUT2D eigenvalue weighted by Crippen LogP contribution is -2.23. The van der Waals surface area contributed by atoms with E-state index in [0.29, 0.717) is 0 Å². The fourth-order valence-electron chi connectivity index (χ4n) is 1.60. The topological polar surface area (TPSA) is 39.2 Å². The van der Waals surface area contributed by atoms with Gasteiger partial charge in [-0.3, -0.25) is 0 Å². The van der Waals surface area contributed by atoms with Gasteiger partial charge in [-0.05, 0) is 47.4 Å². The van der Waals surface area contributed by atoms with Crippen molar-refractivity contribution in [3.8, 4) is 0 Å². The molecule has 1 atom stereocenters. The van der Waals surface area contributed by atoms with Crippen molar-refractivity contribution in [3.63, 3.8) is 0 Å². The number of hydrogen-bond acceptors (Lipinski definition) is 3. The number of furan rings is 1. The Labute approximate surface area is 93.7 Å². The van der Waals surface area contributed by atoms with E-state index in [-0.39, 0.29) is 6.04 Å². The summed E-state index contributed by atoms with van der Waals surface area (Å²) < 4.78 is 5.27. The van der Waals surface area contributed by atoms with Crippen LogP contribution in [0.1, 0.15) is 17.7 Å². The third-order valence-corrected chi connectivity index (χ3v) is 3.15. The molecule has 80 valence electrons. The average molecular weight is 221 g/mol. The van der Waals surface area contributed by atoms with Gasteiger partial charge >= 0.3 is 0 Å². The largest absolute Gasteiger partial charge is 0.469 e. The second-order valence-corrected chi connectivity index (χ2v) is 4.49. The molecule has 0 bridgehead atoms. The Balaban J connectivity index is 1.76. The minimum absolute atomic E-state index is 0.227. The molecule has 2 heterocycles. The van der Waals surface area contributed by atoms with E-state index in [9.17, 15) is 0 Å². The Morgan fingerprint density at radius 1 is 1.40 bits per heavy atom. The van der Waals surface area contributed by atoms with E-state index in [0.717, 1.165) is 25.0 Å². The molecule has 2 aromatic rings. The van der Waals surface area contributed by atoms with Gasteiger partial charge in [0.1, 0.15) is 5.76 Å². The monoisotopic (exact) mass is 221 g/mol. The van der Waals surface area contributed by atoms with Crippen molar-refractivity contribution in [2.45, 2.75) is 25.3 Å². The lowest BCUT2D eigenvalue weighted by Gasteiger charge is -2.08. The van der Waals surface area contributed by atoms with Gasteiger partial charge in [-0.15, -0.1) is 0 Å². The molecular formula is C12H15NOS. The second kappa shape index (κ2) is 5.14. The standard InChI is InChI=1S/C12H15NOS/c13-11(8-10-5-7-15-9-10)3-4-12-2-1-6-14-12/h1-2,5-7,9,11H,3-4,8,13H2. The van der Waals surface area contributed by atoms with E-state index in [1.165, 1.54) is 5.56 Å². The molecule has 2 N–H and O–H groups in total. The van der Waals surface area contributed by atoms with Gasteiger partial charge < -0.3 is 10.2 Å². The Hall–Kier alpha value is -1.06. The highest BCUT2D eigenvalue weighted by atomic mass is 32.1. The summed E-state index contributed by atoms with van der Waals surface area (Å²) in [6, 6.07) is 6.28. The minimum Gasteiger partial charge on any atom is -0.469 e. The lowest BCUT2D eigenvalue weighted by molar-refractivity contribution is 0.484. The molecule has 0 aliphatic rings. The molecule has 2 nitrogen and oxygen atoms in total. The molecule has 0 saturated heterocycles. The first-order chi connectivity index (χ1) is 7.34. The highest BCUT2D eigenvalue weighted by molar-refractivity contribution is 7.07. The van der Waals surface area contributed by atoms with Crippen LogP contribution in [0.2, 0.25) is 0 Å². The molecule has 15 heavy (non-hydrogen) atoms. The van der Waals surface area contributed by atoms with Crippen molar-refractivity contribution in [3.05, 3.63) is 46.5 Å². The van der Waals surface area contributed by atoms with Crippen LogP contribution in [0.15, 0.2) is 39.6 Å². The van der Waals surface area contributed by atoms with E-state index in [2.05, 4.69) is 16.8 Å². The summed E-state index contributed by atoms with van der Waals surface area (Å²) in [6.07, 6.45) is 4.58. The molecule has 0 saturated carbocycles. The van der Waals surface area contributed by atoms with Crippen LogP contribution >= 0.6 is 11.3 Å². The van der Waals surface area contributed by atoms with Crippen LogP contribution in [0.3, 0.4) is 0 Å². The highest BCUT2D eigenvalue weighted by Gasteiger charge is 2.05. The molecule has 0 radical (unpaired) electrons. The van der Waals surface area contributed by atoms with Crippen LogP contribution in [0.25, 0.3) is 0 Å². The fourth-order valence-corrected chi connectivity index (χ4v) is 2.28. The zero-order valence-electron chi connectivity index (χ0n) is 8.56. The summed E-state index contributed by atoms with van der Waals surface area (Å²) >= 11 is 1.72. The van der Waals surface area contributed by atoms with Gasteiger partial charge in [0.2, 0.25) is 0 Å². The predicted octanol–water partition coefficient (Wildman–Crippen LogP) is 2.84. The first kappa shape index (κ1) is 10.5. The van der Waals surface area contributed by atoms with Crippen molar-refractivity contribution in [1.29, 1.82) is 0 Å². The van der Waals surface area contributed by atoms with Gasteiger partial charge in [0.05, 0.1) is 6.26 Å². The van der Waals surface area contributed by atoms with Crippen LogP contribution in [-0.2, 0) is 12.8 Å². The van der Waals surface area contributed by atoms with Gasteiger partial charge in [-0.2, -0.15) is 11.3 Å². The highest BCUT2D eigenvalue weighted by Crippen LogP contribution is 2.11. The quantitative estimate of drug-likeness (QED) is 0.843. The van der Waals surface area contributed by atoms with Crippen molar-refractivity contribution >= 4 is 11.3 Å². The Morgan fingerprint density at radius 3 is 3.00 bits per heavy atom. The molecular weight excluding hydrogens is 206 g/mol. The Morgan fingerprint density at radius 2 is 2.33 bits per heavy atom. The molecule has 2 aromatic heterocycles. The lowest BCUT2D eigenvalue weighted by atomic mass is 10.0. The maximum absolute atomic E-state index is 6.04. The number of hydrogen-bond donors (Lipinski definition) is 1. The average Bonchev–Trinajstić information content (AvgIpc) is 2.86. The number of thiophene rings is 1. The van der Waals surface area contributed by atoms with E-state index >= 15 is 0 Å². The first-order valence-corrected chi connectivity index (χ1v) is 6.08. The van der Waals surface area contributed by atoms with Crippen molar-refractivity contribution in [1.82, 2.24) is 0 Å². The minimum atomic E-state index is 0.227. The smallest absolute Gasteiger partial charge is 0.103 e. The van der Waals surface area contributed by atoms with Crippen LogP contribution in [-0.4, -0.2) is 6.04 Å². The van der Waals surface area contributed by atoms with Crippen molar-refractivity contribution < 1.29 is 4.42 Å². The van der Waals surface area contributed by atoms with Gasteiger partial charge in [0.15, 0.2) is 0 Å². The zero-order valence-corrected chi connectivity index (χ0v) is 9.37. The van der Waals surface area contributed by atoms with E-state index in [4.69, 9.17) is 10.2 Å². The maximum Gasteiger partial charge on any atom is 0.103 e. The summed E-state index contributed by atoms with van der Waals surface area (Å²) in [7, 11) is 0. The Bertz CT molecular complexity index is 366.